The van der Waals surface area contributed by atoms with Crippen LogP contribution in [0, 0.1) is 0 Å². The normalized spacial score (nSPS) is 10.3. The molecule has 6 heteroatoms. The average molecular weight is 287 g/mol. The van der Waals surface area contributed by atoms with Crippen LogP contribution >= 0.6 is 0 Å². The number of carbonyl (C=O) groups excluding carboxylic acids is 1. The van der Waals surface area contributed by atoms with E-state index in [2.05, 4.69) is 5.32 Å². The fourth-order valence-electron chi connectivity index (χ4n) is 2.09. The summed E-state index contributed by atoms with van der Waals surface area (Å²) in [5.41, 5.74) is 0.257. The minimum absolute atomic E-state index is 0.0141. The number of benzene rings is 2. The van der Waals surface area contributed by atoms with Crippen molar-refractivity contribution in [2.24, 2.45) is 0 Å². The van der Waals surface area contributed by atoms with Crippen molar-refractivity contribution in [1.82, 2.24) is 5.32 Å². The van der Waals surface area contributed by atoms with Gasteiger partial charge in [0, 0.05) is 17.5 Å². The van der Waals surface area contributed by atoms with Crippen molar-refractivity contribution in [3.05, 3.63) is 47.5 Å². The van der Waals surface area contributed by atoms with Crippen LogP contribution < -0.4 is 5.32 Å². The van der Waals surface area contributed by atoms with Crippen molar-refractivity contribution >= 4 is 28.6 Å². The number of rotatable bonds is 5. The number of carboxylic acid groups (broad SMARTS) is 2. The fraction of sp³-hybridized carbons (Fsp3) is 0.133. The van der Waals surface area contributed by atoms with E-state index in [9.17, 15) is 19.5 Å². The molecule has 0 radical (unpaired) electrons. The number of nitrogens with one attached hydrogen (secondary N) is 1. The van der Waals surface area contributed by atoms with Crippen molar-refractivity contribution in [2.45, 2.75) is 6.42 Å². The molecule has 1 amide bonds. The highest BCUT2D eigenvalue weighted by atomic mass is 16.4. The van der Waals surface area contributed by atoms with Crippen molar-refractivity contribution in [3.8, 4) is 0 Å². The first kappa shape index (κ1) is 14.5. The van der Waals surface area contributed by atoms with E-state index >= 15 is 0 Å². The lowest BCUT2D eigenvalue weighted by Gasteiger charge is -2.09. The third kappa shape index (κ3) is 3.17. The summed E-state index contributed by atoms with van der Waals surface area (Å²) < 4.78 is 0. The van der Waals surface area contributed by atoms with E-state index in [4.69, 9.17) is 5.11 Å². The second-order valence-electron chi connectivity index (χ2n) is 4.41. The molecular formula is C15H13NO5. The molecule has 0 aliphatic rings. The van der Waals surface area contributed by atoms with Crippen LogP contribution in [0.25, 0.3) is 10.8 Å². The molecule has 0 unspecified atom stereocenters. The minimum Gasteiger partial charge on any atom is -0.481 e. The molecule has 2 aromatic rings. The van der Waals surface area contributed by atoms with Gasteiger partial charge in [-0.2, -0.15) is 0 Å². The second-order valence-corrected chi connectivity index (χ2v) is 4.41. The predicted octanol–water partition coefficient (Wildman–Crippen LogP) is 1.74. The Morgan fingerprint density at radius 1 is 0.952 bits per heavy atom. The van der Waals surface area contributed by atoms with Crippen molar-refractivity contribution in [2.75, 3.05) is 6.54 Å². The highest BCUT2D eigenvalue weighted by Crippen LogP contribution is 2.23. The lowest BCUT2D eigenvalue weighted by Crippen LogP contribution is -2.26. The zero-order valence-corrected chi connectivity index (χ0v) is 11.0. The molecule has 0 aliphatic heterocycles. The summed E-state index contributed by atoms with van der Waals surface area (Å²) in [5.74, 6) is -2.62. The molecule has 0 bridgehead atoms. The van der Waals surface area contributed by atoms with E-state index in [0.717, 1.165) is 0 Å². The van der Waals surface area contributed by atoms with Gasteiger partial charge in [-0.1, -0.05) is 24.3 Å². The summed E-state index contributed by atoms with van der Waals surface area (Å²) in [4.78, 5) is 33.8. The highest BCUT2D eigenvalue weighted by Gasteiger charge is 2.16. The molecule has 0 heterocycles. The van der Waals surface area contributed by atoms with E-state index in [1.165, 1.54) is 12.1 Å². The van der Waals surface area contributed by atoms with Crippen LogP contribution in [0.5, 0.6) is 0 Å². The Balaban J connectivity index is 2.41. The second kappa shape index (κ2) is 6.04. The quantitative estimate of drug-likeness (QED) is 0.777. The topological polar surface area (TPSA) is 104 Å². The molecule has 0 atom stereocenters. The van der Waals surface area contributed by atoms with E-state index in [0.29, 0.717) is 10.8 Å². The van der Waals surface area contributed by atoms with E-state index in [1.807, 2.05) is 0 Å². The Hall–Kier alpha value is -2.89. The van der Waals surface area contributed by atoms with Crippen LogP contribution in [-0.4, -0.2) is 34.6 Å². The average Bonchev–Trinajstić information content (AvgIpc) is 2.45. The molecule has 2 aromatic carbocycles. The van der Waals surface area contributed by atoms with Gasteiger partial charge in [-0.05, 0) is 17.5 Å². The van der Waals surface area contributed by atoms with Gasteiger partial charge in [-0.15, -0.1) is 0 Å². The zero-order chi connectivity index (χ0) is 15.4. The molecule has 108 valence electrons. The molecule has 0 spiro atoms. The van der Waals surface area contributed by atoms with E-state index in [1.54, 1.807) is 24.3 Å². The summed E-state index contributed by atoms with van der Waals surface area (Å²) in [6, 6.07) is 9.65. The third-order valence-electron chi connectivity index (χ3n) is 3.00. The lowest BCUT2D eigenvalue weighted by molar-refractivity contribution is -0.136. The molecule has 6 nitrogen and oxygen atoms in total. The third-order valence-corrected chi connectivity index (χ3v) is 3.00. The standard InChI is InChI=1S/C15H13NO5/c17-12(18)7-8-16-14(19)10-5-1-3-9-4-2-6-11(13(9)10)15(20)21/h1-6H,7-8H2,(H,16,19)(H,17,18)(H,20,21). The Kier molecular flexibility index (Phi) is 4.18. The molecule has 0 saturated heterocycles. The Morgan fingerprint density at radius 2 is 1.57 bits per heavy atom. The molecular weight excluding hydrogens is 274 g/mol. The van der Waals surface area contributed by atoms with Crippen LogP contribution in [0.2, 0.25) is 0 Å². The number of aliphatic carboxylic acids is 1. The van der Waals surface area contributed by atoms with E-state index < -0.39 is 17.8 Å². The van der Waals surface area contributed by atoms with Crippen LogP contribution in [-0.2, 0) is 4.79 Å². The maximum atomic E-state index is 12.1. The Morgan fingerprint density at radius 3 is 2.14 bits per heavy atom. The summed E-state index contributed by atoms with van der Waals surface area (Å²) >= 11 is 0. The Labute approximate surface area is 120 Å². The first-order valence-electron chi connectivity index (χ1n) is 6.25. The summed E-state index contributed by atoms with van der Waals surface area (Å²) in [6.07, 6.45) is -0.192. The molecule has 0 aromatic heterocycles. The first-order valence-corrected chi connectivity index (χ1v) is 6.25. The number of hydrogen-bond donors (Lipinski definition) is 3. The zero-order valence-electron chi connectivity index (χ0n) is 11.0. The van der Waals surface area contributed by atoms with E-state index in [-0.39, 0.29) is 24.1 Å². The van der Waals surface area contributed by atoms with Gasteiger partial charge in [0.05, 0.1) is 12.0 Å². The monoisotopic (exact) mass is 287 g/mol. The minimum atomic E-state index is -1.12. The van der Waals surface area contributed by atoms with Crippen LogP contribution in [0.4, 0.5) is 0 Å². The summed E-state index contributed by atoms with van der Waals surface area (Å²) in [7, 11) is 0. The van der Waals surface area contributed by atoms with Gasteiger partial charge in [0.1, 0.15) is 0 Å². The first-order chi connectivity index (χ1) is 10.0. The SMILES string of the molecule is O=C(O)CCNC(=O)c1cccc2cccc(C(=O)O)c12. The van der Waals surface area contributed by atoms with Gasteiger partial charge in [-0.3, -0.25) is 9.59 Å². The molecule has 21 heavy (non-hydrogen) atoms. The number of hydrogen-bond acceptors (Lipinski definition) is 3. The number of amides is 1. The lowest BCUT2D eigenvalue weighted by atomic mass is 9.98. The van der Waals surface area contributed by atoms with Crippen molar-refractivity contribution in [3.63, 3.8) is 0 Å². The van der Waals surface area contributed by atoms with Crippen LogP contribution in [0.3, 0.4) is 0 Å². The van der Waals surface area contributed by atoms with Gasteiger partial charge in [-0.25, -0.2) is 4.79 Å². The smallest absolute Gasteiger partial charge is 0.336 e. The number of aromatic carboxylic acids is 1. The maximum Gasteiger partial charge on any atom is 0.336 e. The van der Waals surface area contributed by atoms with Gasteiger partial charge in [0.2, 0.25) is 0 Å². The van der Waals surface area contributed by atoms with Gasteiger partial charge >= 0.3 is 11.9 Å². The number of fused-ring (bicyclic) bond motifs is 1. The Bertz CT molecular complexity index is 718. The van der Waals surface area contributed by atoms with Gasteiger partial charge < -0.3 is 15.5 Å². The summed E-state index contributed by atoms with van der Waals surface area (Å²) in [6.45, 7) is -0.0141. The molecule has 0 fully saturated rings. The van der Waals surface area contributed by atoms with Gasteiger partial charge in [0.25, 0.3) is 5.91 Å². The fourth-order valence-corrected chi connectivity index (χ4v) is 2.09. The largest absolute Gasteiger partial charge is 0.481 e. The van der Waals surface area contributed by atoms with Crippen LogP contribution in [0.15, 0.2) is 36.4 Å². The number of carboxylic acids is 2. The maximum absolute atomic E-state index is 12.1. The molecule has 3 N–H and O–H groups in total. The molecule has 2 rings (SSSR count). The van der Waals surface area contributed by atoms with Gasteiger partial charge in [0.15, 0.2) is 0 Å². The van der Waals surface area contributed by atoms with Crippen molar-refractivity contribution < 1.29 is 24.6 Å². The van der Waals surface area contributed by atoms with Crippen LogP contribution in [0.1, 0.15) is 27.1 Å². The number of carbonyl (C=O) groups is 3. The summed E-state index contributed by atoms with van der Waals surface area (Å²) in [5, 5.41) is 21.2. The molecule has 0 aliphatic carbocycles. The highest BCUT2D eigenvalue weighted by molar-refractivity contribution is 6.14. The van der Waals surface area contributed by atoms with Crippen molar-refractivity contribution in [1.29, 1.82) is 0 Å². The predicted molar refractivity (Wildman–Crippen MR) is 75.5 cm³/mol. The molecule has 0 saturated carbocycles.